The minimum absolute atomic E-state index is 0.0297. The van der Waals surface area contributed by atoms with E-state index in [1.54, 1.807) is 51.9 Å². The van der Waals surface area contributed by atoms with Gasteiger partial charge in [-0.2, -0.15) is 0 Å². The van der Waals surface area contributed by atoms with Crippen LogP contribution >= 0.6 is 0 Å². The number of rotatable bonds is 10. The lowest BCUT2D eigenvalue weighted by Gasteiger charge is -2.50. The van der Waals surface area contributed by atoms with Crippen molar-refractivity contribution in [2.45, 2.75) is 63.6 Å². The highest BCUT2D eigenvalue weighted by Gasteiger charge is 2.64. The number of carbonyl (C=O) groups is 6. The van der Waals surface area contributed by atoms with Crippen molar-refractivity contribution < 1.29 is 58.7 Å². The number of hydrogen-bond acceptors (Lipinski definition) is 15. The Bertz CT molecular complexity index is 2200. The first kappa shape index (κ1) is 43.4. The summed E-state index contributed by atoms with van der Waals surface area (Å²) in [5.74, 6) is -9.51. The van der Waals surface area contributed by atoms with Crippen LogP contribution < -0.4 is 20.9 Å². The average molecular weight is 833 g/mol. The first-order chi connectivity index (χ1) is 28.1. The van der Waals surface area contributed by atoms with Crippen molar-refractivity contribution in [1.82, 2.24) is 9.80 Å². The number of phenols is 1. The summed E-state index contributed by atoms with van der Waals surface area (Å²) in [6.45, 7) is 5.52. The zero-order chi connectivity index (χ0) is 44.2. The molecule has 1 saturated heterocycles. The summed E-state index contributed by atoms with van der Waals surface area (Å²) in [7, 11) is 6.40. The van der Waals surface area contributed by atoms with Gasteiger partial charge in [-0.15, -0.1) is 0 Å². The number of nitrogens with zero attached hydrogens (tertiary/aromatic N) is 4. The minimum Gasteiger partial charge on any atom is -0.508 e. The molecule has 60 heavy (non-hydrogen) atoms. The molecule has 2 aromatic rings. The van der Waals surface area contributed by atoms with E-state index in [4.69, 9.17) is 15.2 Å². The van der Waals surface area contributed by atoms with Crippen LogP contribution in [-0.4, -0.2) is 137 Å². The van der Waals surface area contributed by atoms with Gasteiger partial charge >= 0.3 is 12.1 Å². The number of hydrogen-bond donors (Lipinski definition) is 6. The number of carbonyl (C=O) groups excluding carboxylic acids is 6. The van der Waals surface area contributed by atoms with Gasteiger partial charge in [-0.05, 0) is 102 Å². The van der Waals surface area contributed by atoms with Crippen LogP contribution in [0.4, 0.5) is 21.9 Å². The molecule has 1 saturated carbocycles. The monoisotopic (exact) mass is 832 g/mol. The van der Waals surface area contributed by atoms with Gasteiger partial charge in [-0.3, -0.25) is 29.0 Å². The number of likely N-dealkylation sites (N-methyl/N-ethyl adjacent to an activating group) is 1. The number of amides is 3. The number of aliphatic hydroxyl groups excluding tert-OH is 2. The molecule has 3 aliphatic carbocycles. The van der Waals surface area contributed by atoms with Gasteiger partial charge in [-0.1, -0.05) is 0 Å². The maximum atomic E-state index is 14.3. The summed E-state index contributed by atoms with van der Waals surface area (Å²) in [6, 6.07) is 7.14. The third-order valence-electron chi connectivity index (χ3n) is 11.7. The van der Waals surface area contributed by atoms with E-state index in [0.717, 1.165) is 36.5 Å². The summed E-state index contributed by atoms with van der Waals surface area (Å²) < 4.78 is 10.4. The van der Waals surface area contributed by atoms with Crippen molar-refractivity contribution in [3.8, 4) is 5.75 Å². The number of nitrogens with two attached hydrogens (primary N) is 1. The van der Waals surface area contributed by atoms with E-state index < -0.39 is 101 Å². The standard InChI is InChI=1S/C42H52N6O12/c1-41(2,3)48(40(57)60-20-59-39(56)21-10-12-23(13-11-21)47-14-8-9-15-47)19-28(49)44-26-18-27(45(4)5)24-16-22-17-25-32(46(6)7)35(52)31(38(43)55)37(54)42(25,58)36(53)29(22)34(51)30(24)33(26)50/h10-13,18,22,25,32,50-51,54,58H,8-9,14-17,19-20H2,1-7H3,(H2,43,55)(H,44,49)/t22-,25-,32-,42-/m0/s1. The van der Waals surface area contributed by atoms with Crippen LogP contribution in [0.1, 0.15) is 61.5 Å². The molecular weight excluding hydrogens is 780 g/mol. The van der Waals surface area contributed by atoms with Crippen LogP contribution in [-0.2, 0) is 35.1 Å². The van der Waals surface area contributed by atoms with E-state index in [-0.39, 0.29) is 35.2 Å². The zero-order valence-electron chi connectivity index (χ0n) is 34.7. The molecule has 2 aromatic carbocycles. The maximum Gasteiger partial charge on any atom is 0.413 e. The van der Waals surface area contributed by atoms with E-state index in [1.165, 1.54) is 25.1 Å². The molecule has 18 nitrogen and oxygen atoms in total. The van der Waals surface area contributed by atoms with Gasteiger partial charge in [0.1, 0.15) is 29.4 Å². The highest BCUT2D eigenvalue weighted by atomic mass is 16.7. The van der Waals surface area contributed by atoms with Crippen LogP contribution in [0.15, 0.2) is 47.2 Å². The van der Waals surface area contributed by atoms with E-state index >= 15 is 0 Å². The van der Waals surface area contributed by atoms with Crippen LogP contribution in [0.5, 0.6) is 5.75 Å². The Hall–Kier alpha value is -6.14. The number of aromatic hydroxyl groups is 1. The summed E-state index contributed by atoms with van der Waals surface area (Å²) in [4.78, 5) is 86.0. The number of Topliss-reactive ketones (excluding diaryl/α,β-unsaturated/α-hetero) is 2. The fraction of sp³-hybridized carbons (Fsp3) is 0.476. The third kappa shape index (κ3) is 7.60. The van der Waals surface area contributed by atoms with Gasteiger partial charge < -0.3 is 50.8 Å². The summed E-state index contributed by atoms with van der Waals surface area (Å²) >= 11 is 0. The third-order valence-corrected chi connectivity index (χ3v) is 11.7. The molecule has 6 rings (SSSR count). The number of phenolic OH excluding ortho intramolecular Hbond substituents is 1. The second kappa shape index (κ2) is 16.1. The Kier molecular flexibility index (Phi) is 11.7. The number of fused-ring (bicyclic) bond motifs is 3. The number of nitrogens with one attached hydrogen (secondary N) is 1. The largest absolute Gasteiger partial charge is 0.508 e. The van der Waals surface area contributed by atoms with E-state index in [9.17, 15) is 49.2 Å². The van der Waals surface area contributed by atoms with Gasteiger partial charge in [0.25, 0.3) is 5.91 Å². The highest BCUT2D eigenvalue weighted by molar-refractivity contribution is 6.24. The summed E-state index contributed by atoms with van der Waals surface area (Å²) in [6.07, 6.45) is 1.17. The lowest BCUT2D eigenvalue weighted by molar-refractivity contribution is -0.153. The first-order valence-electron chi connectivity index (χ1n) is 19.6. The van der Waals surface area contributed by atoms with Crippen molar-refractivity contribution in [2.75, 3.05) is 69.7 Å². The lowest BCUT2D eigenvalue weighted by Crippen LogP contribution is -2.65. The highest BCUT2D eigenvalue weighted by Crippen LogP contribution is 2.54. The number of primary amides is 1. The predicted octanol–water partition coefficient (Wildman–Crippen LogP) is 2.62. The van der Waals surface area contributed by atoms with Gasteiger partial charge in [0.05, 0.1) is 22.9 Å². The summed E-state index contributed by atoms with van der Waals surface area (Å²) in [5, 5.41) is 49.2. The topological polar surface area (TPSA) is 253 Å². The van der Waals surface area contributed by atoms with Crippen LogP contribution in [0.2, 0.25) is 0 Å². The molecule has 0 unspecified atom stereocenters. The second-order valence-corrected chi connectivity index (χ2v) is 17.0. The average Bonchev–Trinajstić information content (AvgIpc) is 3.71. The molecule has 1 heterocycles. The fourth-order valence-corrected chi connectivity index (χ4v) is 8.77. The zero-order valence-corrected chi connectivity index (χ0v) is 34.7. The molecule has 0 bridgehead atoms. The fourth-order valence-electron chi connectivity index (χ4n) is 8.77. The van der Waals surface area contributed by atoms with E-state index in [2.05, 4.69) is 10.2 Å². The summed E-state index contributed by atoms with van der Waals surface area (Å²) in [5.41, 5.74) is 1.98. The Balaban J connectivity index is 1.23. The van der Waals surface area contributed by atoms with Gasteiger partial charge in [0.15, 0.2) is 11.4 Å². The molecule has 2 fully saturated rings. The van der Waals surface area contributed by atoms with Crippen molar-refractivity contribution in [2.24, 2.45) is 17.6 Å². The molecule has 322 valence electrons. The van der Waals surface area contributed by atoms with Crippen molar-refractivity contribution in [3.63, 3.8) is 0 Å². The molecule has 7 N–H and O–H groups in total. The molecule has 3 amide bonds. The van der Waals surface area contributed by atoms with Crippen molar-refractivity contribution in [3.05, 3.63) is 63.9 Å². The second-order valence-electron chi connectivity index (χ2n) is 17.0. The first-order valence-corrected chi connectivity index (χ1v) is 19.6. The Morgan fingerprint density at radius 3 is 2.18 bits per heavy atom. The number of esters is 1. The maximum absolute atomic E-state index is 14.3. The van der Waals surface area contributed by atoms with Crippen LogP contribution in [0.3, 0.4) is 0 Å². The molecular formula is C42H52N6O12. The quantitative estimate of drug-likeness (QED) is 0.0871. The number of benzene rings is 2. The van der Waals surface area contributed by atoms with Crippen molar-refractivity contribution in [1.29, 1.82) is 0 Å². The van der Waals surface area contributed by atoms with Crippen LogP contribution in [0, 0.1) is 11.8 Å². The smallest absolute Gasteiger partial charge is 0.413 e. The molecule has 4 atom stereocenters. The number of aliphatic hydroxyl groups is 3. The van der Waals surface area contributed by atoms with E-state index in [0.29, 0.717) is 11.3 Å². The van der Waals surface area contributed by atoms with Gasteiger partial charge in [0, 0.05) is 55.6 Å². The number of anilines is 3. The molecule has 1 aliphatic heterocycles. The Morgan fingerprint density at radius 2 is 1.62 bits per heavy atom. The Labute approximate surface area is 346 Å². The normalized spacial score (nSPS) is 22.6. The predicted molar refractivity (Wildman–Crippen MR) is 218 cm³/mol. The molecule has 4 aliphatic rings. The van der Waals surface area contributed by atoms with Gasteiger partial charge in [-0.25, -0.2) is 9.59 Å². The van der Waals surface area contributed by atoms with Crippen molar-refractivity contribution >= 4 is 58.3 Å². The molecule has 0 spiro atoms. The minimum atomic E-state index is -2.82. The molecule has 0 radical (unpaired) electrons. The molecule has 18 heteroatoms. The molecule has 0 aromatic heterocycles. The number of ketones is 2. The van der Waals surface area contributed by atoms with Gasteiger partial charge in [0.2, 0.25) is 18.5 Å². The van der Waals surface area contributed by atoms with E-state index in [1.807, 2.05) is 12.1 Å². The lowest BCUT2D eigenvalue weighted by atomic mass is 9.57. The Morgan fingerprint density at radius 1 is 0.983 bits per heavy atom. The SMILES string of the molecule is CN(C)c1cc(NC(=O)CN(C(=O)OCOC(=O)c2ccc(N3CCCC3)cc2)C(C)(C)C)c(O)c2c1C[C@H]1C[C@H]3[C@H](N(C)C)C(=O)C(C(N)=O)=C(O)[C@@]3(O)C(=O)C1=C2O. The number of ether oxygens (including phenoxy) is 2. The van der Waals surface area contributed by atoms with Crippen LogP contribution in [0.25, 0.3) is 5.76 Å².